The Morgan fingerprint density at radius 3 is 2.85 bits per heavy atom. The predicted molar refractivity (Wildman–Crippen MR) is 96.8 cm³/mol. The number of amides is 1. The van der Waals surface area contributed by atoms with Crippen molar-refractivity contribution < 1.29 is 19.8 Å². The first-order chi connectivity index (χ1) is 12.3. The number of hydrogen-bond acceptors (Lipinski definition) is 4. The van der Waals surface area contributed by atoms with Crippen LogP contribution in [0.15, 0.2) is 24.8 Å². The Bertz CT molecular complexity index is 816. The number of rotatable bonds is 3. The van der Waals surface area contributed by atoms with Gasteiger partial charge in [0.05, 0.1) is 11.2 Å². The molecule has 0 spiro atoms. The maximum absolute atomic E-state index is 12.4. The van der Waals surface area contributed by atoms with Gasteiger partial charge in [0.1, 0.15) is 11.5 Å². The highest BCUT2D eigenvalue weighted by Gasteiger charge is 2.65. The third kappa shape index (κ3) is 2.07. The number of carbonyl (C=O) groups is 2. The van der Waals surface area contributed by atoms with Gasteiger partial charge in [-0.2, -0.15) is 0 Å². The van der Waals surface area contributed by atoms with Gasteiger partial charge in [-0.25, -0.2) is 0 Å². The second kappa shape index (κ2) is 5.68. The van der Waals surface area contributed by atoms with E-state index in [1.165, 1.54) is 0 Å². The average Bonchev–Trinajstić information content (AvgIpc) is 2.57. The van der Waals surface area contributed by atoms with Crippen LogP contribution >= 0.6 is 0 Å². The summed E-state index contributed by atoms with van der Waals surface area (Å²) in [6.45, 7) is 3.86. The first kappa shape index (κ1) is 17.3. The second-order valence-electron chi connectivity index (χ2n) is 8.22. The van der Waals surface area contributed by atoms with E-state index in [1.807, 2.05) is 12.1 Å². The van der Waals surface area contributed by atoms with Gasteiger partial charge in [0.2, 0.25) is 0 Å². The fourth-order valence-electron chi connectivity index (χ4n) is 6.05. The number of nitrogens with two attached hydrogens (primary N) is 1. The largest absolute Gasteiger partial charge is 0.507 e. The van der Waals surface area contributed by atoms with Crippen LogP contribution in [0.25, 0.3) is 0 Å². The SMILES string of the molecule is C=CCC1CC[C@]23CC(=O)CC[C@@]2(O)[C@H]1Cc1ccc(C(N)=O)c(O)c13. The molecular formula is C21H25NO4. The Morgan fingerprint density at radius 2 is 2.15 bits per heavy atom. The molecule has 2 bridgehead atoms. The Kier molecular flexibility index (Phi) is 3.77. The normalized spacial score (nSPS) is 35.3. The molecule has 0 saturated heterocycles. The fourth-order valence-corrected chi connectivity index (χ4v) is 6.05. The van der Waals surface area contributed by atoms with E-state index in [0.29, 0.717) is 37.2 Å². The van der Waals surface area contributed by atoms with Crippen molar-refractivity contribution in [2.75, 3.05) is 0 Å². The Morgan fingerprint density at radius 1 is 1.38 bits per heavy atom. The van der Waals surface area contributed by atoms with Crippen LogP contribution in [0.5, 0.6) is 5.75 Å². The van der Waals surface area contributed by atoms with Crippen molar-refractivity contribution in [3.05, 3.63) is 41.5 Å². The van der Waals surface area contributed by atoms with Crippen molar-refractivity contribution in [1.29, 1.82) is 0 Å². The molecule has 3 aliphatic carbocycles. The van der Waals surface area contributed by atoms with Crippen molar-refractivity contribution in [3.8, 4) is 5.75 Å². The van der Waals surface area contributed by atoms with Gasteiger partial charge in [-0.15, -0.1) is 6.58 Å². The second-order valence-corrected chi connectivity index (χ2v) is 8.22. The number of allylic oxidation sites excluding steroid dienone is 1. The molecule has 1 unspecified atom stereocenters. The summed E-state index contributed by atoms with van der Waals surface area (Å²) in [7, 11) is 0. The van der Waals surface area contributed by atoms with E-state index in [0.717, 1.165) is 18.4 Å². The summed E-state index contributed by atoms with van der Waals surface area (Å²) >= 11 is 0. The monoisotopic (exact) mass is 355 g/mol. The molecule has 4 rings (SSSR count). The number of ketones is 1. The predicted octanol–water partition coefficient (Wildman–Crippen LogP) is 2.37. The van der Waals surface area contributed by atoms with E-state index in [2.05, 4.69) is 6.58 Å². The van der Waals surface area contributed by atoms with Crippen LogP contribution in [0.2, 0.25) is 0 Å². The standard InChI is InChI=1S/C21H25NO4/c1-2-3-12-6-8-20-11-14(23)7-9-21(20,26)16(12)10-13-4-5-15(19(22)25)18(24)17(13)20/h2,4-5,12,16,24,26H,1,3,6-11H2,(H2,22,25)/t12?,16-,20+,21+/m0/s1. The number of Topliss-reactive ketones (excluding diaryl/α,β-unsaturated/α-hetero) is 1. The summed E-state index contributed by atoms with van der Waals surface area (Å²) in [6, 6.07) is 3.39. The van der Waals surface area contributed by atoms with E-state index in [4.69, 9.17) is 5.73 Å². The van der Waals surface area contributed by atoms with Crippen molar-refractivity contribution in [3.63, 3.8) is 0 Å². The van der Waals surface area contributed by atoms with Crippen LogP contribution < -0.4 is 5.73 Å². The lowest BCUT2D eigenvalue weighted by Crippen LogP contribution is -2.66. The first-order valence-electron chi connectivity index (χ1n) is 9.34. The van der Waals surface area contributed by atoms with Gasteiger partial charge >= 0.3 is 0 Å². The topological polar surface area (TPSA) is 101 Å². The highest BCUT2D eigenvalue weighted by atomic mass is 16.3. The minimum Gasteiger partial charge on any atom is -0.507 e. The Hall–Kier alpha value is -2.14. The van der Waals surface area contributed by atoms with Gasteiger partial charge in [0.15, 0.2) is 0 Å². The molecule has 2 fully saturated rings. The number of hydrogen-bond donors (Lipinski definition) is 3. The first-order valence-corrected chi connectivity index (χ1v) is 9.34. The number of benzene rings is 1. The molecule has 5 nitrogen and oxygen atoms in total. The maximum Gasteiger partial charge on any atom is 0.252 e. The average molecular weight is 355 g/mol. The number of aliphatic hydroxyl groups is 1. The van der Waals surface area contributed by atoms with Gasteiger partial charge in [0, 0.05) is 23.8 Å². The lowest BCUT2D eigenvalue weighted by molar-refractivity contribution is -0.172. The van der Waals surface area contributed by atoms with Crippen molar-refractivity contribution in [2.24, 2.45) is 17.6 Å². The van der Waals surface area contributed by atoms with Crippen LogP contribution in [0.1, 0.15) is 60.0 Å². The van der Waals surface area contributed by atoms with Gasteiger partial charge in [-0.3, -0.25) is 9.59 Å². The summed E-state index contributed by atoms with van der Waals surface area (Å²) in [5, 5.41) is 22.7. The van der Waals surface area contributed by atoms with Crippen LogP contribution in [-0.4, -0.2) is 27.5 Å². The molecule has 5 heteroatoms. The quantitative estimate of drug-likeness (QED) is 0.725. The zero-order chi connectivity index (χ0) is 18.7. The molecule has 1 aromatic carbocycles. The van der Waals surface area contributed by atoms with E-state index in [1.54, 1.807) is 6.07 Å². The molecule has 138 valence electrons. The molecule has 4 atom stereocenters. The number of primary amides is 1. The summed E-state index contributed by atoms with van der Waals surface area (Å²) in [5.41, 5.74) is 5.11. The van der Waals surface area contributed by atoms with Crippen LogP contribution in [0.3, 0.4) is 0 Å². The Labute approximate surface area is 152 Å². The molecule has 0 aliphatic heterocycles. The number of phenols is 1. The van der Waals surface area contributed by atoms with Gasteiger partial charge in [-0.05, 0) is 55.6 Å². The molecule has 1 amide bonds. The minimum atomic E-state index is -1.05. The summed E-state index contributed by atoms with van der Waals surface area (Å²) in [6.07, 6.45) is 5.83. The number of fused-ring (bicyclic) bond motifs is 1. The van der Waals surface area contributed by atoms with E-state index in [-0.39, 0.29) is 29.4 Å². The Balaban J connectivity index is 1.97. The van der Waals surface area contributed by atoms with E-state index >= 15 is 0 Å². The number of carbonyl (C=O) groups excluding carboxylic acids is 2. The molecular weight excluding hydrogens is 330 g/mol. The highest BCUT2D eigenvalue weighted by molar-refractivity contribution is 5.96. The third-order valence-electron chi connectivity index (χ3n) is 7.15. The molecule has 0 aromatic heterocycles. The number of aromatic hydroxyl groups is 1. The van der Waals surface area contributed by atoms with Gasteiger partial charge in [0.25, 0.3) is 5.91 Å². The maximum atomic E-state index is 12.4. The van der Waals surface area contributed by atoms with Gasteiger partial charge in [-0.1, -0.05) is 12.1 Å². The zero-order valence-electron chi connectivity index (χ0n) is 14.8. The molecule has 4 N–H and O–H groups in total. The molecule has 2 saturated carbocycles. The molecule has 26 heavy (non-hydrogen) atoms. The lowest BCUT2D eigenvalue weighted by Gasteiger charge is -2.62. The third-order valence-corrected chi connectivity index (χ3v) is 7.15. The highest BCUT2D eigenvalue weighted by Crippen LogP contribution is 2.64. The van der Waals surface area contributed by atoms with Crippen LogP contribution in [0.4, 0.5) is 0 Å². The molecule has 0 heterocycles. The van der Waals surface area contributed by atoms with E-state index in [9.17, 15) is 19.8 Å². The minimum absolute atomic E-state index is 0.0219. The summed E-state index contributed by atoms with van der Waals surface area (Å²) in [4.78, 5) is 24.1. The summed E-state index contributed by atoms with van der Waals surface area (Å²) < 4.78 is 0. The smallest absolute Gasteiger partial charge is 0.252 e. The summed E-state index contributed by atoms with van der Waals surface area (Å²) in [5.74, 6) is -0.412. The fraction of sp³-hybridized carbons (Fsp3) is 0.524. The molecule has 0 radical (unpaired) electrons. The van der Waals surface area contributed by atoms with Crippen molar-refractivity contribution in [1.82, 2.24) is 0 Å². The zero-order valence-corrected chi connectivity index (χ0v) is 14.8. The van der Waals surface area contributed by atoms with Crippen LogP contribution in [-0.2, 0) is 16.6 Å². The van der Waals surface area contributed by atoms with E-state index < -0.39 is 16.9 Å². The molecule has 3 aliphatic rings. The van der Waals surface area contributed by atoms with Crippen molar-refractivity contribution in [2.45, 2.75) is 56.0 Å². The van der Waals surface area contributed by atoms with Crippen molar-refractivity contribution >= 4 is 11.7 Å². The van der Waals surface area contributed by atoms with Gasteiger partial charge < -0.3 is 15.9 Å². The molecule has 1 aromatic rings. The van der Waals surface area contributed by atoms with Crippen LogP contribution in [0, 0.1) is 11.8 Å². The lowest BCUT2D eigenvalue weighted by atomic mass is 9.43.